The number of aromatic nitrogens is 1. The van der Waals surface area contributed by atoms with Crippen molar-refractivity contribution in [2.24, 2.45) is 5.92 Å². The Morgan fingerprint density at radius 1 is 1.15 bits per heavy atom. The van der Waals surface area contributed by atoms with E-state index in [9.17, 15) is 14.4 Å². The van der Waals surface area contributed by atoms with Crippen molar-refractivity contribution in [3.05, 3.63) is 22.5 Å². The summed E-state index contributed by atoms with van der Waals surface area (Å²) in [5, 5.41) is 0. The van der Waals surface area contributed by atoms with Crippen LogP contribution in [0.15, 0.2) is 0 Å². The summed E-state index contributed by atoms with van der Waals surface area (Å²) in [6, 6.07) is 0. The van der Waals surface area contributed by atoms with E-state index >= 15 is 0 Å². The molecule has 1 aromatic heterocycles. The topological polar surface area (TPSA) is 79.5 Å². The standard InChI is InChI=1S/C20H30N2O4/c1-12-16(13(2)21-17(12)19(25)26-6)15(23)11-22(20(3,4)5)18(24)14-9-7-8-10-14/h14,21H,7-11H2,1-6H3. The number of hydrogen-bond acceptors (Lipinski definition) is 4. The number of Topliss-reactive ketones (excluding diaryl/α,β-unsaturated/α-hetero) is 1. The van der Waals surface area contributed by atoms with Gasteiger partial charge in [-0.1, -0.05) is 12.8 Å². The van der Waals surface area contributed by atoms with Gasteiger partial charge in [-0.05, 0) is 53.0 Å². The van der Waals surface area contributed by atoms with Gasteiger partial charge in [0.15, 0.2) is 5.78 Å². The number of aromatic amines is 1. The Bertz CT molecular complexity index is 706. The summed E-state index contributed by atoms with van der Waals surface area (Å²) >= 11 is 0. The highest BCUT2D eigenvalue weighted by molar-refractivity contribution is 6.04. The summed E-state index contributed by atoms with van der Waals surface area (Å²) in [6.07, 6.45) is 3.93. The number of amides is 1. The number of methoxy groups -OCH3 is 1. The van der Waals surface area contributed by atoms with Crippen LogP contribution in [0.2, 0.25) is 0 Å². The minimum absolute atomic E-state index is 0.0129. The molecule has 1 fully saturated rings. The zero-order chi connectivity index (χ0) is 19.6. The largest absolute Gasteiger partial charge is 0.464 e. The molecule has 0 radical (unpaired) electrons. The van der Waals surface area contributed by atoms with Gasteiger partial charge in [0.2, 0.25) is 5.91 Å². The first-order chi connectivity index (χ1) is 12.1. The fourth-order valence-corrected chi connectivity index (χ4v) is 3.74. The fourth-order valence-electron chi connectivity index (χ4n) is 3.74. The smallest absolute Gasteiger partial charge is 0.354 e. The number of carbonyl (C=O) groups excluding carboxylic acids is 3. The number of hydrogen-bond donors (Lipinski definition) is 1. The van der Waals surface area contributed by atoms with Crippen LogP contribution < -0.4 is 0 Å². The molecule has 0 aromatic carbocycles. The summed E-state index contributed by atoms with van der Waals surface area (Å²) in [5.74, 6) is -0.588. The first kappa shape index (κ1) is 20.2. The lowest BCUT2D eigenvalue weighted by molar-refractivity contribution is -0.139. The Morgan fingerprint density at radius 3 is 2.23 bits per heavy atom. The molecule has 6 heteroatoms. The summed E-state index contributed by atoms with van der Waals surface area (Å²) in [4.78, 5) is 42.5. The molecule has 1 amide bonds. The van der Waals surface area contributed by atoms with E-state index in [0.29, 0.717) is 16.8 Å². The normalized spacial score (nSPS) is 15.2. The SMILES string of the molecule is COC(=O)c1[nH]c(C)c(C(=O)CN(C(=O)C2CCCC2)C(C)(C)C)c1C. The third-order valence-corrected chi connectivity index (χ3v) is 5.19. The minimum atomic E-state index is -0.501. The van der Waals surface area contributed by atoms with Gasteiger partial charge in [-0.2, -0.15) is 0 Å². The summed E-state index contributed by atoms with van der Waals surface area (Å²) in [7, 11) is 1.31. The predicted molar refractivity (Wildman–Crippen MR) is 99.4 cm³/mol. The van der Waals surface area contributed by atoms with Crippen molar-refractivity contribution in [2.45, 2.75) is 65.8 Å². The van der Waals surface area contributed by atoms with Crippen molar-refractivity contribution in [2.75, 3.05) is 13.7 Å². The van der Waals surface area contributed by atoms with Crippen LogP contribution in [0.4, 0.5) is 0 Å². The maximum Gasteiger partial charge on any atom is 0.354 e. The monoisotopic (exact) mass is 362 g/mol. The van der Waals surface area contributed by atoms with E-state index in [4.69, 9.17) is 4.74 Å². The molecule has 26 heavy (non-hydrogen) atoms. The average molecular weight is 362 g/mol. The molecule has 1 saturated carbocycles. The maximum atomic E-state index is 13.0. The number of ether oxygens (including phenoxy) is 1. The minimum Gasteiger partial charge on any atom is -0.464 e. The second kappa shape index (κ2) is 7.64. The molecule has 0 bridgehead atoms. The molecule has 1 heterocycles. The molecule has 6 nitrogen and oxygen atoms in total. The molecule has 1 aliphatic carbocycles. The van der Waals surface area contributed by atoms with Crippen molar-refractivity contribution in [3.8, 4) is 0 Å². The van der Waals surface area contributed by atoms with E-state index in [1.807, 2.05) is 20.8 Å². The highest BCUT2D eigenvalue weighted by atomic mass is 16.5. The molecule has 2 rings (SSSR count). The summed E-state index contributed by atoms with van der Waals surface area (Å²) < 4.78 is 4.76. The Labute approximate surface area is 155 Å². The first-order valence-electron chi connectivity index (χ1n) is 9.20. The van der Waals surface area contributed by atoms with Crippen LogP contribution >= 0.6 is 0 Å². The molecule has 1 N–H and O–H groups in total. The number of carbonyl (C=O) groups is 3. The summed E-state index contributed by atoms with van der Waals surface area (Å²) in [5.41, 5.74) is 1.51. The first-order valence-corrected chi connectivity index (χ1v) is 9.20. The van der Waals surface area contributed by atoms with Gasteiger partial charge in [-0.15, -0.1) is 0 Å². The molecule has 144 valence electrons. The molecule has 0 unspecified atom stereocenters. The van der Waals surface area contributed by atoms with Crippen LogP contribution in [0.25, 0.3) is 0 Å². The van der Waals surface area contributed by atoms with Gasteiger partial charge in [0, 0.05) is 22.7 Å². The van der Waals surface area contributed by atoms with E-state index < -0.39 is 11.5 Å². The van der Waals surface area contributed by atoms with E-state index in [1.165, 1.54) is 7.11 Å². The zero-order valence-electron chi connectivity index (χ0n) is 16.7. The number of rotatable bonds is 5. The van der Waals surface area contributed by atoms with Crippen molar-refractivity contribution < 1.29 is 19.1 Å². The number of nitrogens with one attached hydrogen (secondary N) is 1. The number of aryl methyl sites for hydroxylation is 1. The van der Waals surface area contributed by atoms with E-state index in [2.05, 4.69) is 4.98 Å². The Kier molecular flexibility index (Phi) is 5.94. The van der Waals surface area contributed by atoms with E-state index in [1.54, 1.807) is 18.7 Å². The summed E-state index contributed by atoms with van der Waals surface area (Å²) in [6.45, 7) is 9.34. The Balaban J connectivity index is 2.29. The molecular weight excluding hydrogens is 332 g/mol. The molecule has 1 aliphatic rings. The van der Waals surface area contributed by atoms with Crippen LogP contribution in [0.3, 0.4) is 0 Å². The number of H-pyrrole nitrogens is 1. The third kappa shape index (κ3) is 4.00. The second-order valence-corrected chi connectivity index (χ2v) is 8.12. The average Bonchev–Trinajstić information content (AvgIpc) is 3.18. The molecule has 0 aliphatic heterocycles. The van der Waals surface area contributed by atoms with E-state index in [0.717, 1.165) is 25.7 Å². The van der Waals surface area contributed by atoms with Crippen molar-refractivity contribution in [3.63, 3.8) is 0 Å². The van der Waals surface area contributed by atoms with E-state index in [-0.39, 0.29) is 29.8 Å². The molecule has 1 aromatic rings. The Morgan fingerprint density at radius 2 is 1.73 bits per heavy atom. The lowest BCUT2D eigenvalue weighted by Crippen LogP contribution is -2.50. The maximum absolute atomic E-state index is 13.0. The predicted octanol–water partition coefficient (Wildman–Crippen LogP) is 3.42. The Hall–Kier alpha value is -2.11. The van der Waals surface area contributed by atoms with Crippen molar-refractivity contribution in [1.82, 2.24) is 9.88 Å². The van der Waals surface area contributed by atoms with Crippen LogP contribution in [-0.4, -0.2) is 46.7 Å². The van der Waals surface area contributed by atoms with Crippen LogP contribution in [0, 0.1) is 19.8 Å². The molecule has 0 spiro atoms. The highest BCUT2D eigenvalue weighted by Crippen LogP contribution is 2.30. The highest BCUT2D eigenvalue weighted by Gasteiger charge is 2.35. The quantitative estimate of drug-likeness (QED) is 0.643. The van der Waals surface area contributed by atoms with Crippen LogP contribution in [-0.2, 0) is 9.53 Å². The lowest BCUT2D eigenvalue weighted by atomic mass is 9.97. The lowest BCUT2D eigenvalue weighted by Gasteiger charge is -2.37. The van der Waals surface area contributed by atoms with Gasteiger partial charge >= 0.3 is 5.97 Å². The van der Waals surface area contributed by atoms with Crippen molar-refractivity contribution >= 4 is 17.7 Å². The van der Waals surface area contributed by atoms with Crippen LogP contribution in [0.5, 0.6) is 0 Å². The second-order valence-electron chi connectivity index (χ2n) is 8.12. The van der Waals surface area contributed by atoms with Gasteiger partial charge < -0.3 is 14.6 Å². The van der Waals surface area contributed by atoms with Gasteiger partial charge in [0.1, 0.15) is 5.69 Å². The van der Waals surface area contributed by atoms with Gasteiger partial charge in [0.05, 0.1) is 13.7 Å². The van der Waals surface area contributed by atoms with Gasteiger partial charge in [0.25, 0.3) is 0 Å². The molecular formula is C20H30N2O4. The number of nitrogens with zero attached hydrogens (tertiary/aromatic N) is 1. The molecule has 0 saturated heterocycles. The van der Waals surface area contributed by atoms with Crippen LogP contribution in [0.1, 0.15) is 78.6 Å². The number of ketones is 1. The number of esters is 1. The molecule has 0 atom stereocenters. The van der Waals surface area contributed by atoms with Crippen molar-refractivity contribution in [1.29, 1.82) is 0 Å². The fraction of sp³-hybridized carbons (Fsp3) is 0.650. The zero-order valence-corrected chi connectivity index (χ0v) is 16.7. The third-order valence-electron chi connectivity index (χ3n) is 5.19. The van der Waals surface area contributed by atoms with Gasteiger partial charge in [-0.3, -0.25) is 9.59 Å². The van der Waals surface area contributed by atoms with Gasteiger partial charge in [-0.25, -0.2) is 4.79 Å².